The number of carbonyl (C=O) groups is 1. The van der Waals surface area contributed by atoms with Crippen LogP contribution in [0.2, 0.25) is 0 Å². The fourth-order valence-electron chi connectivity index (χ4n) is 3.37. The summed E-state index contributed by atoms with van der Waals surface area (Å²) in [4.78, 5) is 12.4. The van der Waals surface area contributed by atoms with Crippen molar-refractivity contribution in [3.05, 3.63) is 0 Å². The number of rotatable bonds is 7. The first-order chi connectivity index (χ1) is 9.22. The molecule has 2 fully saturated rings. The van der Waals surface area contributed by atoms with E-state index in [2.05, 4.69) is 5.32 Å². The summed E-state index contributed by atoms with van der Waals surface area (Å²) in [6.07, 6.45) is 6.94. The van der Waals surface area contributed by atoms with Crippen LogP contribution in [0.5, 0.6) is 0 Å². The number of carbonyl (C=O) groups excluding carboxylic acids is 1. The van der Waals surface area contributed by atoms with Gasteiger partial charge in [0.1, 0.15) is 5.54 Å². The quantitative estimate of drug-likeness (QED) is 0.568. The Bertz CT molecular complexity index is 304. The summed E-state index contributed by atoms with van der Waals surface area (Å²) in [5.74, 6) is 1.50. The predicted octanol–water partition coefficient (Wildman–Crippen LogP) is 2.12. The van der Waals surface area contributed by atoms with Crippen molar-refractivity contribution in [3.63, 3.8) is 0 Å². The minimum Gasteiger partial charge on any atom is -0.465 e. The van der Waals surface area contributed by atoms with Crippen LogP contribution in [0.25, 0.3) is 0 Å². The Kier molecular flexibility index (Phi) is 5.22. The van der Waals surface area contributed by atoms with Gasteiger partial charge in [-0.15, -0.1) is 0 Å². The third kappa shape index (κ3) is 3.69. The van der Waals surface area contributed by atoms with E-state index < -0.39 is 5.54 Å². The highest BCUT2D eigenvalue weighted by molar-refractivity contribution is 5.81. The van der Waals surface area contributed by atoms with Gasteiger partial charge in [0.05, 0.1) is 13.2 Å². The van der Waals surface area contributed by atoms with E-state index in [9.17, 15) is 4.79 Å². The van der Waals surface area contributed by atoms with Crippen molar-refractivity contribution in [1.29, 1.82) is 0 Å². The lowest BCUT2D eigenvalue weighted by atomic mass is 9.73. The van der Waals surface area contributed by atoms with E-state index in [4.69, 9.17) is 9.47 Å². The van der Waals surface area contributed by atoms with Crippen molar-refractivity contribution in [2.75, 3.05) is 26.9 Å². The minimum atomic E-state index is -0.458. The Morgan fingerprint density at radius 3 is 2.74 bits per heavy atom. The number of hydrogen-bond acceptors (Lipinski definition) is 4. The zero-order chi connectivity index (χ0) is 13.7. The van der Waals surface area contributed by atoms with E-state index >= 15 is 0 Å². The van der Waals surface area contributed by atoms with Gasteiger partial charge in [-0.3, -0.25) is 10.1 Å². The maximum atomic E-state index is 12.4. The first kappa shape index (κ1) is 14.8. The van der Waals surface area contributed by atoms with E-state index in [0.717, 1.165) is 25.2 Å². The van der Waals surface area contributed by atoms with Gasteiger partial charge in [0, 0.05) is 13.7 Å². The fourth-order valence-corrected chi connectivity index (χ4v) is 3.37. The van der Waals surface area contributed by atoms with Gasteiger partial charge < -0.3 is 9.47 Å². The molecule has 0 aliphatic heterocycles. The van der Waals surface area contributed by atoms with Gasteiger partial charge >= 0.3 is 5.97 Å². The molecule has 0 aromatic carbocycles. The van der Waals surface area contributed by atoms with E-state index in [1.165, 1.54) is 19.3 Å². The predicted molar refractivity (Wildman–Crippen MR) is 73.9 cm³/mol. The maximum absolute atomic E-state index is 12.4. The minimum absolute atomic E-state index is 0.0588. The standard InChI is InChI=1S/C15H27NO3/c1-3-19-14(17)15(16-9-10-18-2)8-4-5-13(11-15)12-6-7-12/h12-13,16H,3-11H2,1-2H3. The molecule has 2 aliphatic rings. The summed E-state index contributed by atoms with van der Waals surface area (Å²) in [6, 6.07) is 0. The maximum Gasteiger partial charge on any atom is 0.326 e. The van der Waals surface area contributed by atoms with Crippen LogP contribution in [0.4, 0.5) is 0 Å². The summed E-state index contributed by atoms with van der Waals surface area (Å²) in [5.41, 5.74) is -0.458. The second kappa shape index (κ2) is 6.71. The molecule has 2 rings (SSSR count). The molecule has 4 nitrogen and oxygen atoms in total. The van der Waals surface area contributed by atoms with Gasteiger partial charge in [0.25, 0.3) is 0 Å². The number of methoxy groups -OCH3 is 1. The van der Waals surface area contributed by atoms with Gasteiger partial charge in [0.2, 0.25) is 0 Å². The molecule has 0 spiro atoms. The van der Waals surface area contributed by atoms with E-state index in [-0.39, 0.29) is 5.97 Å². The molecule has 2 atom stereocenters. The van der Waals surface area contributed by atoms with Gasteiger partial charge in [-0.05, 0) is 44.4 Å². The Hall–Kier alpha value is -0.610. The molecule has 2 unspecified atom stereocenters. The zero-order valence-corrected chi connectivity index (χ0v) is 12.2. The molecular formula is C15H27NO3. The first-order valence-corrected chi connectivity index (χ1v) is 7.63. The van der Waals surface area contributed by atoms with Crippen molar-refractivity contribution in [2.45, 2.75) is 51.0 Å². The molecule has 0 aromatic heterocycles. The molecular weight excluding hydrogens is 242 g/mol. The molecule has 2 aliphatic carbocycles. The SMILES string of the molecule is CCOC(=O)C1(NCCOC)CCCC(C2CC2)C1. The molecule has 1 N–H and O–H groups in total. The average Bonchev–Trinajstić information content (AvgIpc) is 3.24. The monoisotopic (exact) mass is 269 g/mol. The summed E-state index contributed by atoms with van der Waals surface area (Å²) in [6.45, 7) is 3.69. The second-order valence-electron chi connectivity index (χ2n) is 5.92. The molecule has 0 radical (unpaired) electrons. The van der Waals surface area contributed by atoms with Crippen molar-refractivity contribution in [1.82, 2.24) is 5.32 Å². The van der Waals surface area contributed by atoms with Crippen molar-refractivity contribution >= 4 is 5.97 Å². The average molecular weight is 269 g/mol. The van der Waals surface area contributed by atoms with Gasteiger partial charge in [0.15, 0.2) is 0 Å². The topological polar surface area (TPSA) is 47.6 Å². The van der Waals surface area contributed by atoms with Crippen LogP contribution < -0.4 is 5.32 Å². The first-order valence-electron chi connectivity index (χ1n) is 7.63. The van der Waals surface area contributed by atoms with Crippen LogP contribution in [0.15, 0.2) is 0 Å². The lowest BCUT2D eigenvalue weighted by Gasteiger charge is -2.39. The molecule has 110 valence electrons. The Morgan fingerprint density at radius 1 is 1.32 bits per heavy atom. The summed E-state index contributed by atoms with van der Waals surface area (Å²) in [7, 11) is 1.69. The van der Waals surface area contributed by atoms with Crippen LogP contribution in [-0.4, -0.2) is 38.4 Å². The second-order valence-corrected chi connectivity index (χ2v) is 5.92. The van der Waals surface area contributed by atoms with E-state index in [1.807, 2.05) is 6.92 Å². The van der Waals surface area contributed by atoms with Crippen LogP contribution in [0, 0.1) is 11.8 Å². The van der Waals surface area contributed by atoms with E-state index in [0.29, 0.717) is 25.7 Å². The Morgan fingerprint density at radius 2 is 2.11 bits per heavy atom. The number of hydrogen-bond donors (Lipinski definition) is 1. The lowest BCUT2D eigenvalue weighted by Crippen LogP contribution is -2.56. The summed E-state index contributed by atoms with van der Waals surface area (Å²) in [5, 5.41) is 3.43. The smallest absolute Gasteiger partial charge is 0.326 e. The van der Waals surface area contributed by atoms with Crippen LogP contribution in [-0.2, 0) is 14.3 Å². The molecule has 4 heteroatoms. The summed E-state index contributed by atoms with van der Waals surface area (Å²) < 4.78 is 10.4. The highest BCUT2D eigenvalue weighted by Crippen LogP contribution is 2.46. The molecule has 0 heterocycles. The molecule has 2 saturated carbocycles. The van der Waals surface area contributed by atoms with Gasteiger partial charge in [-0.2, -0.15) is 0 Å². The molecule has 0 saturated heterocycles. The third-order valence-electron chi connectivity index (χ3n) is 4.51. The molecule has 0 aromatic rings. The number of nitrogens with one attached hydrogen (secondary N) is 1. The Labute approximate surface area is 116 Å². The fraction of sp³-hybridized carbons (Fsp3) is 0.933. The number of esters is 1. The van der Waals surface area contributed by atoms with Crippen LogP contribution in [0.3, 0.4) is 0 Å². The largest absolute Gasteiger partial charge is 0.465 e. The number of ether oxygens (including phenoxy) is 2. The van der Waals surface area contributed by atoms with Crippen molar-refractivity contribution in [2.24, 2.45) is 11.8 Å². The highest BCUT2D eigenvalue weighted by Gasteiger charge is 2.47. The van der Waals surface area contributed by atoms with Crippen molar-refractivity contribution in [3.8, 4) is 0 Å². The normalized spacial score (nSPS) is 31.2. The van der Waals surface area contributed by atoms with Crippen LogP contribution in [0.1, 0.15) is 45.4 Å². The van der Waals surface area contributed by atoms with Crippen LogP contribution >= 0.6 is 0 Å². The molecule has 0 amide bonds. The molecule has 19 heavy (non-hydrogen) atoms. The Balaban J connectivity index is 2.00. The third-order valence-corrected chi connectivity index (χ3v) is 4.51. The van der Waals surface area contributed by atoms with Crippen molar-refractivity contribution < 1.29 is 14.3 Å². The van der Waals surface area contributed by atoms with E-state index in [1.54, 1.807) is 7.11 Å². The zero-order valence-electron chi connectivity index (χ0n) is 12.2. The highest BCUT2D eigenvalue weighted by atomic mass is 16.5. The summed E-state index contributed by atoms with van der Waals surface area (Å²) >= 11 is 0. The van der Waals surface area contributed by atoms with Gasteiger partial charge in [-0.25, -0.2) is 0 Å². The van der Waals surface area contributed by atoms with Gasteiger partial charge in [-0.1, -0.05) is 12.8 Å². The molecule has 0 bridgehead atoms. The lowest BCUT2D eigenvalue weighted by molar-refractivity contribution is -0.154.